The van der Waals surface area contributed by atoms with Gasteiger partial charge in [-0.05, 0) is 24.6 Å². The van der Waals surface area contributed by atoms with Gasteiger partial charge in [0.1, 0.15) is 0 Å². The van der Waals surface area contributed by atoms with Gasteiger partial charge in [0.05, 0.1) is 0 Å². The third kappa shape index (κ3) is 2.09. The summed E-state index contributed by atoms with van der Waals surface area (Å²) in [6, 6.07) is 7.97. The van der Waals surface area contributed by atoms with Gasteiger partial charge in [-0.2, -0.15) is 0 Å². The minimum absolute atomic E-state index is 0.984. The molecule has 2 heteroatoms. The van der Waals surface area contributed by atoms with E-state index in [0.717, 1.165) is 16.2 Å². The van der Waals surface area contributed by atoms with Crippen molar-refractivity contribution in [1.82, 2.24) is 0 Å². The van der Waals surface area contributed by atoms with Crippen LogP contribution in [0, 0.1) is 0 Å². The van der Waals surface area contributed by atoms with E-state index in [9.17, 15) is 0 Å². The van der Waals surface area contributed by atoms with Gasteiger partial charge in [-0.25, -0.2) is 0 Å². The monoisotopic (exact) mass is 165 g/mol. The van der Waals surface area contributed by atoms with Crippen LogP contribution in [0.5, 0.6) is 0 Å². The molecule has 11 heavy (non-hydrogen) atoms. The van der Waals surface area contributed by atoms with E-state index in [1.165, 1.54) is 0 Å². The molecule has 1 aromatic rings. The number of benzene rings is 1. The summed E-state index contributed by atoms with van der Waals surface area (Å²) in [7, 11) is 1.80. The summed E-state index contributed by atoms with van der Waals surface area (Å²) in [4.78, 5) is 5.06. The van der Waals surface area contributed by atoms with Gasteiger partial charge in [-0.15, -0.1) is 12.6 Å². The highest BCUT2D eigenvalue weighted by atomic mass is 32.1. The van der Waals surface area contributed by atoms with E-state index in [2.05, 4.69) is 17.6 Å². The molecule has 0 aliphatic carbocycles. The lowest BCUT2D eigenvalue weighted by atomic mass is 10.1. The average molecular weight is 165 g/mol. The predicted octanol–water partition coefficient (Wildman–Crippen LogP) is 2.41. The van der Waals surface area contributed by atoms with Crippen LogP contribution in [0.4, 0.5) is 0 Å². The smallest absolute Gasteiger partial charge is 0.0386 e. The van der Waals surface area contributed by atoms with E-state index in [-0.39, 0.29) is 0 Å². The quantitative estimate of drug-likeness (QED) is 0.484. The Kier molecular flexibility index (Phi) is 2.71. The summed E-state index contributed by atoms with van der Waals surface area (Å²) < 4.78 is 0. The average Bonchev–Trinajstić information content (AvgIpc) is 2.05. The maximum absolute atomic E-state index is 4.19. The SMILES string of the molecule is CN=C(C)c1ccc(S)cc1. The van der Waals surface area contributed by atoms with E-state index >= 15 is 0 Å². The van der Waals surface area contributed by atoms with Crippen LogP contribution in [0.25, 0.3) is 0 Å². The Morgan fingerprint density at radius 3 is 2.27 bits per heavy atom. The first-order valence-corrected chi connectivity index (χ1v) is 3.91. The predicted molar refractivity (Wildman–Crippen MR) is 51.8 cm³/mol. The summed E-state index contributed by atoms with van der Waals surface area (Å²) in [6.45, 7) is 1.99. The topological polar surface area (TPSA) is 12.4 Å². The molecule has 0 radical (unpaired) electrons. The lowest BCUT2D eigenvalue weighted by molar-refractivity contribution is 1.39. The van der Waals surface area contributed by atoms with E-state index in [0.29, 0.717) is 0 Å². The van der Waals surface area contributed by atoms with Crippen LogP contribution in [-0.2, 0) is 0 Å². The molecule has 0 N–H and O–H groups in total. The summed E-state index contributed by atoms with van der Waals surface area (Å²) in [6.07, 6.45) is 0. The van der Waals surface area contributed by atoms with E-state index in [4.69, 9.17) is 0 Å². The van der Waals surface area contributed by atoms with Gasteiger partial charge in [0.25, 0.3) is 0 Å². The van der Waals surface area contributed by atoms with Crippen LogP contribution in [0.2, 0.25) is 0 Å². The largest absolute Gasteiger partial charge is 0.293 e. The molecule has 0 spiro atoms. The van der Waals surface area contributed by atoms with Gasteiger partial charge >= 0.3 is 0 Å². The van der Waals surface area contributed by atoms with Crippen LogP contribution in [0.15, 0.2) is 34.2 Å². The van der Waals surface area contributed by atoms with Crippen LogP contribution in [-0.4, -0.2) is 12.8 Å². The van der Waals surface area contributed by atoms with Gasteiger partial charge in [0.15, 0.2) is 0 Å². The van der Waals surface area contributed by atoms with Crippen molar-refractivity contribution in [3.05, 3.63) is 29.8 Å². The first kappa shape index (κ1) is 8.34. The zero-order chi connectivity index (χ0) is 8.27. The molecule has 0 heterocycles. The molecule has 0 aliphatic rings. The summed E-state index contributed by atoms with van der Waals surface area (Å²) >= 11 is 4.19. The summed E-state index contributed by atoms with van der Waals surface area (Å²) in [5.41, 5.74) is 2.21. The van der Waals surface area contributed by atoms with Crippen molar-refractivity contribution >= 4 is 18.3 Å². The molecule has 0 unspecified atom stereocenters. The number of hydrogen-bond acceptors (Lipinski definition) is 2. The molecule has 0 fully saturated rings. The Labute approximate surface area is 72.6 Å². The minimum atomic E-state index is 0.984. The normalized spacial score (nSPS) is 11.7. The molecular weight excluding hydrogens is 154 g/mol. The molecule has 1 nitrogen and oxygen atoms in total. The maximum Gasteiger partial charge on any atom is 0.0386 e. The Morgan fingerprint density at radius 2 is 1.82 bits per heavy atom. The fraction of sp³-hybridized carbons (Fsp3) is 0.222. The van der Waals surface area contributed by atoms with Crippen molar-refractivity contribution in [1.29, 1.82) is 0 Å². The standard InChI is InChI=1S/C9H11NS/c1-7(10-2)8-3-5-9(11)6-4-8/h3-6,11H,1-2H3. The first-order chi connectivity index (χ1) is 5.24. The number of aliphatic imine (C=N–C) groups is 1. The summed E-state index contributed by atoms with van der Waals surface area (Å²) in [5.74, 6) is 0. The molecule has 0 atom stereocenters. The molecule has 0 saturated heterocycles. The second-order valence-electron chi connectivity index (χ2n) is 2.36. The van der Waals surface area contributed by atoms with E-state index in [1.54, 1.807) is 7.05 Å². The molecule has 0 aromatic heterocycles. The molecule has 0 aliphatic heterocycles. The number of nitrogens with zero attached hydrogens (tertiary/aromatic N) is 1. The van der Waals surface area contributed by atoms with Crippen molar-refractivity contribution in [2.75, 3.05) is 7.05 Å². The fourth-order valence-corrected chi connectivity index (χ4v) is 0.981. The molecule has 0 saturated carbocycles. The highest BCUT2D eigenvalue weighted by molar-refractivity contribution is 7.80. The van der Waals surface area contributed by atoms with Crippen LogP contribution >= 0.6 is 12.6 Å². The second kappa shape index (κ2) is 3.58. The zero-order valence-electron chi connectivity index (χ0n) is 6.70. The van der Waals surface area contributed by atoms with E-state index in [1.807, 2.05) is 31.2 Å². The minimum Gasteiger partial charge on any atom is -0.293 e. The van der Waals surface area contributed by atoms with Gasteiger partial charge in [-0.1, -0.05) is 12.1 Å². The third-order valence-electron chi connectivity index (χ3n) is 1.62. The van der Waals surface area contributed by atoms with Gasteiger partial charge in [0.2, 0.25) is 0 Å². The van der Waals surface area contributed by atoms with Crippen molar-refractivity contribution < 1.29 is 0 Å². The lowest BCUT2D eigenvalue weighted by Crippen LogP contribution is -1.92. The van der Waals surface area contributed by atoms with Crippen LogP contribution < -0.4 is 0 Å². The lowest BCUT2D eigenvalue weighted by Gasteiger charge is -1.98. The van der Waals surface area contributed by atoms with Crippen molar-refractivity contribution in [2.45, 2.75) is 11.8 Å². The second-order valence-corrected chi connectivity index (χ2v) is 2.87. The third-order valence-corrected chi connectivity index (χ3v) is 1.92. The van der Waals surface area contributed by atoms with Crippen molar-refractivity contribution in [3.8, 4) is 0 Å². The van der Waals surface area contributed by atoms with E-state index < -0.39 is 0 Å². The molecule has 0 bridgehead atoms. The highest BCUT2D eigenvalue weighted by Gasteiger charge is 1.93. The Balaban J connectivity index is 2.99. The number of rotatable bonds is 1. The number of hydrogen-bond donors (Lipinski definition) is 1. The van der Waals surface area contributed by atoms with Crippen LogP contribution in [0.3, 0.4) is 0 Å². The Morgan fingerprint density at radius 1 is 1.27 bits per heavy atom. The Hall–Kier alpha value is -0.760. The zero-order valence-corrected chi connectivity index (χ0v) is 7.60. The molecule has 0 amide bonds. The highest BCUT2D eigenvalue weighted by Crippen LogP contribution is 2.08. The Bertz CT molecular complexity index is 261. The first-order valence-electron chi connectivity index (χ1n) is 3.47. The number of thiol groups is 1. The summed E-state index contributed by atoms with van der Waals surface area (Å²) in [5, 5.41) is 0. The van der Waals surface area contributed by atoms with Crippen LogP contribution in [0.1, 0.15) is 12.5 Å². The molecule has 1 aromatic carbocycles. The maximum atomic E-state index is 4.19. The molecular formula is C9H11NS. The van der Waals surface area contributed by atoms with Crippen molar-refractivity contribution in [3.63, 3.8) is 0 Å². The fourth-order valence-electron chi connectivity index (χ4n) is 0.832. The van der Waals surface area contributed by atoms with Gasteiger partial charge < -0.3 is 0 Å². The van der Waals surface area contributed by atoms with Crippen molar-refractivity contribution in [2.24, 2.45) is 4.99 Å². The van der Waals surface area contributed by atoms with Gasteiger partial charge in [0, 0.05) is 17.7 Å². The molecule has 1 rings (SSSR count). The molecule has 58 valence electrons. The van der Waals surface area contributed by atoms with Gasteiger partial charge in [-0.3, -0.25) is 4.99 Å².